The van der Waals surface area contributed by atoms with E-state index in [4.69, 9.17) is 9.84 Å². The van der Waals surface area contributed by atoms with Gasteiger partial charge in [0.1, 0.15) is 5.75 Å². The Bertz CT molecular complexity index is 920. The number of aliphatic carboxylic acids is 1. The first-order valence-electron chi connectivity index (χ1n) is 8.37. The van der Waals surface area contributed by atoms with Crippen LogP contribution in [0.2, 0.25) is 0 Å². The molecule has 2 N–H and O–H groups in total. The number of rotatable bonds is 6. The number of amides is 1. The van der Waals surface area contributed by atoms with Crippen LogP contribution >= 0.6 is 11.8 Å². The number of thioether (sulfide) groups is 1. The lowest BCUT2D eigenvalue weighted by Gasteiger charge is -2.06. The summed E-state index contributed by atoms with van der Waals surface area (Å²) in [5, 5.41) is 12.0. The Labute approximate surface area is 161 Å². The SMILES string of the molecule is CCc1ccc(N=C2NC(=O)C(=Cc3ccccc3OCC(=O)O)S2)cc1. The van der Waals surface area contributed by atoms with Gasteiger partial charge in [0.25, 0.3) is 5.91 Å². The molecule has 0 atom stereocenters. The lowest BCUT2D eigenvalue weighted by Crippen LogP contribution is -2.19. The van der Waals surface area contributed by atoms with Gasteiger partial charge in [0, 0.05) is 5.56 Å². The van der Waals surface area contributed by atoms with E-state index in [9.17, 15) is 9.59 Å². The molecule has 1 amide bonds. The molecule has 0 aromatic heterocycles. The molecular formula is C20H18N2O4S. The molecule has 2 aromatic rings. The van der Waals surface area contributed by atoms with Gasteiger partial charge in [-0.05, 0) is 48.0 Å². The fourth-order valence-corrected chi connectivity index (χ4v) is 3.25. The van der Waals surface area contributed by atoms with Crippen LogP contribution in [0.5, 0.6) is 5.75 Å². The lowest BCUT2D eigenvalue weighted by atomic mass is 10.2. The van der Waals surface area contributed by atoms with Crippen LogP contribution in [-0.4, -0.2) is 28.8 Å². The van der Waals surface area contributed by atoms with Gasteiger partial charge in [0.15, 0.2) is 11.8 Å². The number of hydrogen-bond donors (Lipinski definition) is 2. The van der Waals surface area contributed by atoms with Crippen molar-refractivity contribution in [3.05, 3.63) is 64.6 Å². The quantitative estimate of drug-likeness (QED) is 0.745. The molecule has 7 heteroatoms. The predicted octanol–water partition coefficient (Wildman–Crippen LogP) is 3.60. The van der Waals surface area contributed by atoms with Crippen LogP contribution in [0.15, 0.2) is 58.4 Å². The molecule has 0 spiro atoms. The highest BCUT2D eigenvalue weighted by Gasteiger charge is 2.24. The average Bonchev–Trinajstić information content (AvgIpc) is 3.00. The molecule has 138 valence electrons. The second-order valence-electron chi connectivity index (χ2n) is 5.72. The molecule has 2 aromatic carbocycles. The summed E-state index contributed by atoms with van der Waals surface area (Å²) in [5.74, 6) is -0.910. The minimum Gasteiger partial charge on any atom is -0.481 e. The maximum atomic E-state index is 12.2. The number of aliphatic imine (C=N–C) groups is 1. The number of nitrogens with one attached hydrogen (secondary N) is 1. The molecule has 1 aliphatic rings. The number of amidine groups is 1. The molecule has 1 heterocycles. The first-order chi connectivity index (χ1) is 13.0. The zero-order valence-corrected chi connectivity index (χ0v) is 15.5. The third kappa shape index (κ3) is 4.98. The number of ether oxygens (including phenoxy) is 1. The van der Waals surface area contributed by atoms with E-state index in [1.54, 1.807) is 30.3 Å². The zero-order chi connectivity index (χ0) is 19.2. The number of carbonyl (C=O) groups excluding carboxylic acids is 1. The van der Waals surface area contributed by atoms with Crippen LogP contribution in [0.3, 0.4) is 0 Å². The second-order valence-corrected chi connectivity index (χ2v) is 6.75. The van der Waals surface area contributed by atoms with Gasteiger partial charge in [-0.25, -0.2) is 9.79 Å². The topological polar surface area (TPSA) is 88.0 Å². The summed E-state index contributed by atoms with van der Waals surface area (Å²) in [5.41, 5.74) is 2.62. The van der Waals surface area contributed by atoms with E-state index in [1.807, 2.05) is 24.3 Å². The van der Waals surface area contributed by atoms with Gasteiger partial charge in [-0.2, -0.15) is 0 Å². The maximum Gasteiger partial charge on any atom is 0.341 e. The summed E-state index contributed by atoms with van der Waals surface area (Å²) in [6, 6.07) is 14.8. The van der Waals surface area contributed by atoms with Crippen molar-refractivity contribution in [1.29, 1.82) is 0 Å². The van der Waals surface area contributed by atoms with Crippen molar-refractivity contribution in [2.24, 2.45) is 4.99 Å². The Hall–Kier alpha value is -3.06. The molecule has 27 heavy (non-hydrogen) atoms. The summed E-state index contributed by atoms with van der Waals surface area (Å²) < 4.78 is 5.27. The summed E-state index contributed by atoms with van der Waals surface area (Å²) in [7, 11) is 0. The Morgan fingerprint density at radius 2 is 1.96 bits per heavy atom. The monoisotopic (exact) mass is 382 g/mol. The number of benzene rings is 2. The second kappa shape index (κ2) is 8.55. The summed E-state index contributed by atoms with van der Waals surface area (Å²) in [6.07, 6.45) is 2.62. The average molecular weight is 382 g/mol. The molecule has 3 rings (SSSR count). The lowest BCUT2D eigenvalue weighted by molar-refractivity contribution is -0.139. The van der Waals surface area contributed by atoms with Gasteiger partial charge >= 0.3 is 5.97 Å². The van der Waals surface area contributed by atoms with E-state index in [0.717, 1.165) is 12.1 Å². The Morgan fingerprint density at radius 3 is 2.67 bits per heavy atom. The number of carboxylic acids is 1. The first-order valence-corrected chi connectivity index (χ1v) is 9.19. The number of para-hydroxylation sites is 1. The fourth-order valence-electron chi connectivity index (χ4n) is 2.42. The minimum absolute atomic E-state index is 0.253. The number of nitrogens with zero attached hydrogens (tertiary/aromatic N) is 1. The van der Waals surface area contributed by atoms with Crippen LogP contribution in [0.4, 0.5) is 5.69 Å². The smallest absolute Gasteiger partial charge is 0.341 e. The van der Waals surface area contributed by atoms with Crippen molar-refractivity contribution < 1.29 is 19.4 Å². The van der Waals surface area contributed by atoms with Gasteiger partial charge in [0.2, 0.25) is 0 Å². The highest BCUT2D eigenvalue weighted by molar-refractivity contribution is 8.18. The number of aryl methyl sites for hydroxylation is 1. The van der Waals surface area contributed by atoms with Gasteiger partial charge < -0.3 is 15.2 Å². The van der Waals surface area contributed by atoms with Gasteiger partial charge in [0.05, 0.1) is 10.6 Å². The molecular weight excluding hydrogens is 364 g/mol. The van der Waals surface area contributed by atoms with Crippen molar-refractivity contribution in [3.8, 4) is 5.75 Å². The summed E-state index contributed by atoms with van der Waals surface area (Å²) in [6.45, 7) is 1.64. The maximum absolute atomic E-state index is 12.2. The van der Waals surface area contributed by atoms with Crippen LogP contribution in [0.1, 0.15) is 18.1 Å². The van der Waals surface area contributed by atoms with Crippen molar-refractivity contribution >= 4 is 40.6 Å². The highest BCUT2D eigenvalue weighted by atomic mass is 32.2. The third-order valence-electron chi connectivity index (χ3n) is 3.78. The van der Waals surface area contributed by atoms with Gasteiger partial charge in [-0.1, -0.05) is 37.3 Å². The molecule has 0 aliphatic carbocycles. The molecule has 0 radical (unpaired) electrons. The number of carbonyl (C=O) groups is 2. The van der Waals surface area contributed by atoms with E-state index in [1.165, 1.54) is 17.3 Å². The Kier molecular flexibility index (Phi) is 5.93. The zero-order valence-electron chi connectivity index (χ0n) is 14.6. The Morgan fingerprint density at radius 1 is 1.22 bits per heavy atom. The van der Waals surface area contributed by atoms with Crippen molar-refractivity contribution in [2.75, 3.05) is 6.61 Å². The van der Waals surface area contributed by atoms with E-state index in [2.05, 4.69) is 17.2 Å². The van der Waals surface area contributed by atoms with Gasteiger partial charge in [-0.3, -0.25) is 4.79 Å². The molecule has 1 saturated heterocycles. The standard InChI is InChI=1S/C20H18N2O4S/c1-2-13-7-9-15(10-8-13)21-20-22-19(25)17(27-20)11-14-5-3-4-6-16(14)26-12-18(23)24/h3-11H,2,12H2,1H3,(H,23,24)(H,21,22,25). The molecule has 6 nitrogen and oxygen atoms in total. The molecule has 0 saturated carbocycles. The van der Waals surface area contributed by atoms with E-state index >= 15 is 0 Å². The summed E-state index contributed by atoms with van der Waals surface area (Å²) in [4.78, 5) is 27.9. The predicted molar refractivity (Wildman–Crippen MR) is 106 cm³/mol. The third-order valence-corrected chi connectivity index (χ3v) is 4.69. The largest absolute Gasteiger partial charge is 0.481 e. The number of hydrogen-bond acceptors (Lipinski definition) is 5. The van der Waals surface area contributed by atoms with E-state index in [-0.39, 0.29) is 5.91 Å². The number of carboxylic acid groups (broad SMARTS) is 1. The fraction of sp³-hybridized carbons (Fsp3) is 0.150. The van der Waals surface area contributed by atoms with E-state index < -0.39 is 12.6 Å². The van der Waals surface area contributed by atoms with Crippen LogP contribution in [0.25, 0.3) is 6.08 Å². The van der Waals surface area contributed by atoms with Crippen molar-refractivity contribution in [1.82, 2.24) is 5.32 Å². The molecule has 1 aliphatic heterocycles. The molecule has 0 unspecified atom stereocenters. The first kappa shape index (κ1) is 18.7. The normalized spacial score (nSPS) is 16.6. The van der Waals surface area contributed by atoms with Crippen LogP contribution in [0, 0.1) is 0 Å². The van der Waals surface area contributed by atoms with Crippen molar-refractivity contribution in [3.63, 3.8) is 0 Å². The van der Waals surface area contributed by atoms with Gasteiger partial charge in [-0.15, -0.1) is 0 Å². The summed E-state index contributed by atoms with van der Waals surface area (Å²) >= 11 is 1.23. The van der Waals surface area contributed by atoms with Crippen LogP contribution < -0.4 is 10.1 Å². The highest BCUT2D eigenvalue weighted by Crippen LogP contribution is 2.30. The van der Waals surface area contributed by atoms with Crippen molar-refractivity contribution in [2.45, 2.75) is 13.3 Å². The molecule has 0 bridgehead atoms. The van der Waals surface area contributed by atoms with E-state index in [0.29, 0.717) is 21.4 Å². The van der Waals surface area contributed by atoms with Crippen LogP contribution in [-0.2, 0) is 16.0 Å². The molecule has 1 fully saturated rings. The Balaban J connectivity index is 1.79. The minimum atomic E-state index is -1.06.